The Morgan fingerprint density at radius 1 is 1.55 bits per heavy atom. The fraction of sp³-hybridized carbons (Fsp3) is 0.875. The van der Waals surface area contributed by atoms with Gasteiger partial charge in [0.2, 0.25) is 0 Å². The van der Waals surface area contributed by atoms with Crippen LogP contribution in [0.15, 0.2) is 0 Å². The van der Waals surface area contributed by atoms with Crippen molar-refractivity contribution in [3.05, 3.63) is 0 Å². The highest BCUT2D eigenvalue weighted by Gasteiger charge is 2.13. The SMILES string of the molecule is CC.CC1CN(C#N)CCO1. The van der Waals surface area contributed by atoms with Gasteiger partial charge >= 0.3 is 0 Å². The predicted octanol–water partition coefficient (Wildman–Crippen LogP) is 1.21. The molecule has 1 heterocycles. The van der Waals surface area contributed by atoms with E-state index in [2.05, 4.69) is 6.19 Å². The van der Waals surface area contributed by atoms with E-state index in [0.717, 1.165) is 13.1 Å². The average Bonchev–Trinajstić information content (AvgIpc) is 2.08. The standard InChI is InChI=1S/C6H10N2O.C2H6/c1-6-4-8(5-7)2-3-9-6;1-2/h6H,2-4H2,1H3;1-2H3. The van der Waals surface area contributed by atoms with Crippen LogP contribution in [0.2, 0.25) is 0 Å². The molecule has 0 amide bonds. The van der Waals surface area contributed by atoms with Crippen LogP contribution < -0.4 is 0 Å². The molecule has 1 saturated heterocycles. The van der Waals surface area contributed by atoms with Gasteiger partial charge in [-0.25, -0.2) is 0 Å². The van der Waals surface area contributed by atoms with Crippen LogP contribution in [-0.4, -0.2) is 30.7 Å². The molecule has 1 unspecified atom stereocenters. The molecule has 0 bridgehead atoms. The summed E-state index contributed by atoms with van der Waals surface area (Å²) in [7, 11) is 0. The van der Waals surface area contributed by atoms with Crippen LogP contribution in [0.4, 0.5) is 0 Å². The Labute approximate surface area is 68.6 Å². The third kappa shape index (κ3) is 3.84. The lowest BCUT2D eigenvalue weighted by Crippen LogP contribution is -2.37. The summed E-state index contributed by atoms with van der Waals surface area (Å²) in [5, 5.41) is 8.43. The van der Waals surface area contributed by atoms with Crippen molar-refractivity contribution in [3.8, 4) is 6.19 Å². The lowest BCUT2D eigenvalue weighted by Gasteiger charge is -2.26. The van der Waals surface area contributed by atoms with E-state index in [-0.39, 0.29) is 6.10 Å². The molecular weight excluding hydrogens is 140 g/mol. The van der Waals surface area contributed by atoms with Gasteiger partial charge in [0.05, 0.1) is 25.8 Å². The second-order valence-electron chi connectivity index (χ2n) is 2.23. The Morgan fingerprint density at radius 2 is 2.18 bits per heavy atom. The van der Waals surface area contributed by atoms with Gasteiger partial charge in [-0.3, -0.25) is 0 Å². The first-order chi connectivity index (χ1) is 5.33. The van der Waals surface area contributed by atoms with Gasteiger partial charge in [-0.15, -0.1) is 0 Å². The average molecular weight is 156 g/mol. The fourth-order valence-corrected chi connectivity index (χ4v) is 0.909. The molecule has 1 aliphatic heterocycles. The van der Waals surface area contributed by atoms with E-state index < -0.39 is 0 Å². The number of nitriles is 1. The van der Waals surface area contributed by atoms with E-state index in [4.69, 9.17) is 10.00 Å². The summed E-state index contributed by atoms with van der Waals surface area (Å²) in [6.07, 6.45) is 2.31. The molecule has 11 heavy (non-hydrogen) atoms. The minimum atomic E-state index is 0.221. The van der Waals surface area contributed by atoms with Crippen molar-refractivity contribution in [2.45, 2.75) is 26.9 Å². The molecule has 0 aromatic rings. The van der Waals surface area contributed by atoms with E-state index >= 15 is 0 Å². The van der Waals surface area contributed by atoms with Gasteiger partial charge in [0.1, 0.15) is 0 Å². The summed E-state index contributed by atoms with van der Waals surface area (Å²) >= 11 is 0. The van der Waals surface area contributed by atoms with Crippen LogP contribution in [-0.2, 0) is 4.74 Å². The van der Waals surface area contributed by atoms with Crippen LogP contribution in [0.5, 0.6) is 0 Å². The number of nitrogens with zero attached hydrogens (tertiary/aromatic N) is 2. The zero-order valence-electron chi connectivity index (χ0n) is 7.50. The van der Waals surface area contributed by atoms with E-state index in [1.807, 2.05) is 20.8 Å². The van der Waals surface area contributed by atoms with Gasteiger partial charge in [-0.2, -0.15) is 5.26 Å². The first-order valence-corrected chi connectivity index (χ1v) is 4.09. The molecule has 1 aliphatic rings. The topological polar surface area (TPSA) is 36.3 Å². The molecule has 0 aromatic carbocycles. The molecule has 1 atom stereocenters. The monoisotopic (exact) mass is 156 g/mol. The number of rotatable bonds is 0. The van der Waals surface area contributed by atoms with E-state index in [9.17, 15) is 0 Å². The molecule has 0 saturated carbocycles. The van der Waals surface area contributed by atoms with E-state index in [1.165, 1.54) is 0 Å². The Kier molecular flexibility index (Phi) is 5.58. The molecule has 0 radical (unpaired) electrons. The Bertz CT molecular complexity index is 131. The molecule has 1 fully saturated rings. The van der Waals surface area contributed by atoms with E-state index in [0.29, 0.717) is 6.61 Å². The maximum atomic E-state index is 8.43. The van der Waals surface area contributed by atoms with Crippen LogP contribution in [0, 0.1) is 11.5 Å². The highest BCUT2D eigenvalue weighted by molar-refractivity contribution is 4.78. The highest BCUT2D eigenvalue weighted by Crippen LogP contribution is 2.01. The van der Waals surface area contributed by atoms with Gasteiger partial charge in [0.15, 0.2) is 6.19 Å². The normalized spacial score (nSPS) is 23.1. The van der Waals surface area contributed by atoms with Gasteiger partial charge in [-0.1, -0.05) is 13.8 Å². The summed E-state index contributed by atoms with van der Waals surface area (Å²) in [6, 6.07) is 0. The summed E-state index contributed by atoms with van der Waals surface area (Å²) < 4.78 is 5.22. The predicted molar refractivity (Wildman–Crippen MR) is 43.9 cm³/mol. The molecule has 64 valence electrons. The Morgan fingerprint density at radius 3 is 2.55 bits per heavy atom. The molecule has 1 rings (SSSR count). The first kappa shape index (κ1) is 10.2. The molecule has 3 nitrogen and oxygen atoms in total. The second kappa shape index (κ2) is 5.99. The minimum absolute atomic E-state index is 0.221. The molecule has 3 heteroatoms. The van der Waals surface area contributed by atoms with Gasteiger partial charge in [0.25, 0.3) is 0 Å². The number of hydrogen-bond donors (Lipinski definition) is 0. The van der Waals surface area contributed by atoms with Crippen LogP contribution in [0.3, 0.4) is 0 Å². The quantitative estimate of drug-likeness (QED) is 0.495. The first-order valence-electron chi connectivity index (χ1n) is 4.09. The summed E-state index contributed by atoms with van der Waals surface area (Å²) in [5.41, 5.74) is 0. The smallest absolute Gasteiger partial charge is 0.179 e. The lowest BCUT2D eigenvalue weighted by atomic mass is 10.3. The number of ether oxygens (including phenoxy) is 1. The van der Waals surface area contributed by atoms with Crippen molar-refractivity contribution in [1.82, 2.24) is 4.90 Å². The molecular formula is C8H16N2O. The molecule has 0 spiro atoms. The molecule has 0 aromatic heterocycles. The maximum Gasteiger partial charge on any atom is 0.179 e. The number of morpholine rings is 1. The van der Waals surface area contributed by atoms with Crippen LogP contribution >= 0.6 is 0 Å². The summed E-state index contributed by atoms with van der Waals surface area (Å²) in [5.74, 6) is 0. The lowest BCUT2D eigenvalue weighted by molar-refractivity contribution is 0.00151. The zero-order valence-corrected chi connectivity index (χ0v) is 7.50. The van der Waals surface area contributed by atoms with Crippen molar-refractivity contribution in [1.29, 1.82) is 5.26 Å². The van der Waals surface area contributed by atoms with Crippen molar-refractivity contribution < 1.29 is 4.74 Å². The van der Waals surface area contributed by atoms with Crippen molar-refractivity contribution in [2.24, 2.45) is 0 Å². The Hall–Kier alpha value is -0.750. The van der Waals surface area contributed by atoms with Crippen molar-refractivity contribution in [3.63, 3.8) is 0 Å². The third-order valence-electron chi connectivity index (χ3n) is 1.38. The van der Waals surface area contributed by atoms with Crippen LogP contribution in [0.25, 0.3) is 0 Å². The summed E-state index contributed by atoms with van der Waals surface area (Å²) in [4.78, 5) is 1.72. The van der Waals surface area contributed by atoms with Gasteiger partial charge in [0, 0.05) is 0 Å². The maximum absolute atomic E-state index is 8.43. The fourth-order valence-electron chi connectivity index (χ4n) is 0.909. The van der Waals surface area contributed by atoms with Crippen molar-refractivity contribution in [2.75, 3.05) is 19.7 Å². The number of hydrogen-bond acceptors (Lipinski definition) is 3. The van der Waals surface area contributed by atoms with Crippen molar-refractivity contribution >= 4 is 0 Å². The zero-order chi connectivity index (χ0) is 8.69. The second-order valence-corrected chi connectivity index (χ2v) is 2.23. The molecule has 0 N–H and O–H groups in total. The Balaban J connectivity index is 0.000000461. The summed E-state index contributed by atoms with van der Waals surface area (Å²) in [6.45, 7) is 8.16. The van der Waals surface area contributed by atoms with Gasteiger partial charge < -0.3 is 9.64 Å². The van der Waals surface area contributed by atoms with Gasteiger partial charge in [-0.05, 0) is 6.92 Å². The van der Waals surface area contributed by atoms with Crippen LogP contribution in [0.1, 0.15) is 20.8 Å². The minimum Gasteiger partial charge on any atom is -0.375 e. The van der Waals surface area contributed by atoms with E-state index in [1.54, 1.807) is 4.90 Å². The largest absolute Gasteiger partial charge is 0.375 e. The molecule has 0 aliphatic carbocycles. The third-order valence-corrected chi connectivity index (χ3v) is 1.38. The highest BCUT2D eigenvalue weighted by atomic mass is 16.5.